The zero-order valence-electron chi connectivity index (χ0n) is 22.0. The van der Waals surface area contributed by atoms with E-state index >= 15 is 0 Å². The minimum Gasteiger partial charge on any atom is -0.484 e. The molecule has 0 unspecified atom stereocenters. The summed E-state index contributed by atoms with van der Waals surface area (Å²) in [6.07, 6.45) is 1.41. The number of ether oxygens (including phenoxy) is 1. The van der Waals surface area contributed by atoms with Gasteiger partial charge in [-0.15, -0.1) is 0 Å². The first kappa shape index (κ1) is 29.3. The highest BCUT2D eigenvalue weighted by Crippen LogP contribution is 2.24. The molecule has 0 saturated heterocycles. The van der Waals surface area contributed by atoms with E-state index in [0.29, 0.717) is 27.7 Å². The van der Waals surface area contributed by atoms with Crippen molar-refractivity contribution in [1.29, 1.82) is 0 Å². The minimum atomic E-state index is -4.01. The molecule has 9 nitrogen and oxygen atoms in total. The second-order valence-electron chi connectivity index (χ2n) is 8.84. The number of nitrogens with zero attached hydrogens (tertiary/aromatic N) is 2. The van der Waals surface area contributed by atoms with Crippen LogP contribution in [0.1, 0.15) is 11.1 Å². The summed E-state index contributed by atoms with van der Waals surface area (Å²) in [6, 6.07) is 28.4. The second-order valence-corrected chi connectivity index (χ2v) is 11.1. The number of carbonyl (C=O) groups is 2. The lowest BCUT2D eigenvalue weighted by Crippen LogP contribution is -2.39. The fourth-order valence-electron chi connectivity index (χ4n) is 3.71. The first-order valence-electron chi connectivity index (χ1n) is 12.5. The Labute approximate surface area is 243 Å². The average Bonchev–Trinajstić information content (AvgIpc) is 2.97. The van der Waals surface area contributed by atoms with Gasteiger partial charge in [-0.25, -0.2) is 13.8 Å². The monoisotopic (exact) mass is 590 g/mol. The van der Waals surface area contributed by atoms with Crippen molar-refractivity contribution < 1.29 is 22.7 Å². The third kappa shape index (κ3) is 8.17. The number of nitrogens with one attached hydrogen (secondary N) is 2. The fourth-order valence-corrected chi connectivity index (χ4v) is 5.33. The van der Waals surface area contributed by atoms with E-state index < -0.39 is 22.5 Å². The van der Waals surface area contributed by atoms with E-state index in [1.807, 2.05) is 13.0 Å². The van der Waals surface area contributed by atoms with Gasteiger partial charge in [-0.2, -0.15) is 5.10 Å². The molecular formula is C30H27ClN4O5S. The lowest BCUT2D eigenvalue weighted by molar-refractivity contribution is -0.119. The van der Waals surface area contributed by atoms with Crippen LogP contribution in [0.4, 0.5) is 11.4 Å². The third-order valence-corrected chi connectivity index (χ3v) is 7.83. The van der Waals surface area contributed by atoms with E-state index in [9.17, 15) is 18.0 Å². The molecule has 0 aliphatic rings. The van der Waals surface area contributed by atoms with Crippen LogP contribution >= 0.6 is 11.6 Å². The first-order valence-corrected chi connectivity index (χ1v) is 14.3. The van der Waals surface area contributed by atoms with Crippen molar-refractivity contribution in [3.63, 3.8) is 0 Å². The van der Waals surface area contributed by atoms with Crippen LogP contribution in [0.2, 0.25) is 5.02 Å². The Morgan fingerprint density at radius 2 is 1.61 bits per heavy atom. The van der Waals surface area contributed by atoms with Crippen LogP contribution in [0.25, 0.3) is 0 Å². The highest BCUT2D eigenvalue weighted by molar-refractivity contribution is 7.92. The van der Waals surface area contributed by atoms with E-state index in [0.717, 1.165) is 9.87 Å². The van der Waals surface area contributed by atoms with Gasteiger partial charge in [0, 0.05) is 0 Å². The molecule has 0 radical (unpaired) electrons. The number of hydrogen-bond acceptors (Lipinski definition) is 6. The van der Waals surface area contributed by atoms with Gasteiger partial charge in [0.15, 0.2) is 6.61 Å². The zero-order chi connectivity index (χ0) is 29.2. The number of halogens is 1. The van der Waals surface area contributed by atoms with Crippen LogP contribution in [-0.4, -0.2) is 39.6 Å². The molecule has 0 fully saturated rings. The summed E-state index contributed by atoms with van der Waals surface area (Å²) in [6.45, 7) is 1.16. The molecular weight excluding hydrogens is 564 g/mol. The maximum absolute atomic E-state index is 13.4. The summed E-state index contributed by atoms with van der Waals surface area (Å²) < 4.78 is 33.3. The number of amides is 2. The zero-order valence-corrected chi connectivity index (χ0v) is 23.6. The topological polar surface area (TPSA) is 117 Å². The molecule has 0 aliphatic carbocycles. The summed E-state index contributed by atoms with van der Waals surface area (Å²) in [4.78, 5) is 24.9. The number of carbonyl (C=O) groups excluding carboxylic acids is 2. The van der Waals surface area contributed by atoms with Gasteiger partial charge in [0.05, 0.1) is 27.5 Å². The number of sulfonamides is 1. The van der Waals surface area contributed by atoms with Crippen molar-refractivity contribution in [3.05, 3.63) is 119 Å². The van der Waals surface area contributed by atoms with Crippen LogP contribution < -0.4 is 19.8 Å². The molecule has 0 saturated carbocycles. The maximum atomic E-state index is 13.4. The van der Waals surface area contributed by atoms with Crippen molar-refractivity contribution >= 4 is 51.0 Å². The van der Waals surface area contributed by atoms with E-state index in [-0.39, 0.29) is 17.4 Å². The number of rotatable bonds is 11. The number of hydrazone groups is 1. The summed E-state index contributed by atoms with van der Waals surface area (Å²) in [7, 11) is -4.01. The SMILES string of the molecule is Cc1cccc(N(CC(=O)N/N=C\c2ccc(OCC(=O)Nc3ccccc3Cl)cc2)S(=O)(=O)c2ccccc2)c1. The highest BCUT2D eigenvalue weighted by Gasteiger charge is 2.27. The van der Waals surface area contributed by atoms with E-state index in [1.54, 1.807) is 84.9 Å². The smallest absolute Gasteiger partial charge is 0.264 e. The van der Waals surface area contributed by atoms with Gasteiger partial charge in [0.25, 0.3) is 21.8 Å². The first-order chi connectivity index (χ1) is 19.7. The van der Waals surface area contributed by atoms with Gasteiger partial charge < -0.3 is 10.1 Å². The van der Waals surface area contributed by atoms with Crippen molar-refractivity contribution in [3.8, 4) is 5.75 Å². The van der Waals surface area contributed by atoms with Crippen molar-refractivity contribution in [2.24, 2.45) is 5.10 Å². The third-order valence-electron chi connectivity index (χ3n) is 5.71. The molecule has 0 aromatic heterocycles. The highest BCUT2D eigenvalue weighted by atomic mass is 35.5. The summed E-state index contributed by atoms with van der Waals surface area (Å²) in [5.41, 5.74) is 4.74. The Bertz CT molecular complexity index is 1650. The van der Waals surface area contributed by atoms with Crippen LogP contribution in [0, 0.1) is 6.92 Å². The standard InChI is InChI=1S/C30H27ClN4O5S/c1-22-8-7-9-24(18-22)35(41(38,39)26-10-3-2-4-11-26)20-29(36)34-32-19-23-14-16-25(17-15-23)40-21-30(37)33-28-13-6-5-12-27(28)31/h2-19H,20-21H2,1H3,(H,33,37)(H,34,36)/b32-19-. The number of benzene rings is 4. The molecule has 2 amide bonds. The fraction of sp³-hybridized carbons (Fsp3) is 0.100. The Balaban J connectivity index is 1.34. The molecule has 4 rings (SSSR count). The van der Waals surface area contributed by atoms with Crippen LogP contribution in [0.5, 0.6) is 5.75 Å². The predicted molar refractivity (Wildman–Crippen MR) is 160 cm³/mol. The Hall–Kier alpha value is -4.67. The summed E-state index contributed by atoms with van der Waals surface area (Å²) >= 11 is 6.04. The number of aryl methyl sites for hydroxylation is 1. The van der Waals surface area contributed by atoms with Gasteiger partial charge in [-0.3, -0.25) is 13.9 Å². The lowest BCUT2D eigenvalue weighted by Gasteiger charge is -2.24. The molecule has 11 heteroatoms. The molecule has 2 N–H and O–H groups in total. The molecule has 4 aromatic rings. The molecule has 0 atom stereocenters. The largest absolute Gasteiger partial charge is 0.484 e. The van der Waals surface area contributed by atoms with E-state index in [2.05, 4.69) is 15.8 Å². The summed E-state index contributed by atoms with van der Waals surface area (Å²) in [5, 5.41) is 7.06. The van der Waals surface area contributed by atoms with Crippen molar-refractivity contribution in [2.75, 3.05) is 22.8 Å². The van der Waals surface area contributed by atoms with Gasteiger partial charge >= 0.3 is 0 Å². The molecule has 4 aromatic carbocycles. The number of hydrogen-bond donors (Lipinski definition) is 2. The quantitative estimate of drug-likeness (QED) is 0.188. The Kier molecular flexibility index (Phi) is 9.73. The number of para-hydroxylation sites is 1. The van der Waals surface area contributed by atoms with Crippen LogP contribution in [0.3, 0.4) is 0 Å². The Morgan fingerprint density at radius 1 is 0.902 bits per heavy atom. The Morgan fingerprint density at radius 3 is 2.32 bits per heavy atom. The van der Waals surface area contributed by atoms with Gasteiger partial charge in [0.1, 0.15) is 12.3 Å². The van der Waals surface area contributed by atoms with Crippen LogP contribution in [-0.2, 0) is 19.6 Å². The number of anilines is 2. The van der Waals surface area contributed by atoms with E-state index in [1.165, 1.54) is 18.3 Å². The predicted octanol–water partition coefficient (Wildman–Crippen LogP) is 5.01. The lowest BCUT2D eigenvalue weighted by atomic mass is 10.2. The minimum absolute atomic E-state index is 0.0708. The molecule has 0 bridgehead atoms. The molecule has 0 aliphatic heterocycles. The summed E-state index contributed by atoms with van der Waals surface area (Å²) in [5.74, 6) is -0.521. The van der Waals surface area contributed by atoms with Gasteiger partial charge in [-0.1, -0.05) is 54.1 Å². The molecule has 0 heterocycles. The average molecular weight is 591 g/mol. The second kappa shape index (κ2) is 13.6. The molecule has 210 valence electrons. The van der Waals surface area contributed by atoms with Gasteiger partial charge in [0.2, 0.25) is 0 Å². The maximum Gasteiger partial charge on any atom is 0.264 e. The van der Waals surface area contributed by atoms with E-state index in [4.69, 9.17) is 16.3 Å². The normalized spacial score (nSPS) is 11.2. The molecule has 0 spiro atoms. The van der Waals surface area contributed by atoms with Crippen LogP contribution in [0.15, 0.2) is 113 Å². The van der Waals surface area contributed by atoms with Crippen molar-refractivity contribution in [1.82, 2.24) is 5.43 Å². The van der Waals surface area contributed by atoms with Gasteiger partial charge in [-0.05, 0) is 78.7 Å². The van der Waals surface area contributed by atoms with Crippen molar-refractivity contribution in [2.45, 2.75) is 11.8 Å². The molecule has 41 heavy (non-hydrogen) atoms.